The molecule has 0 fully saturated rings. The van der Waals surface area contributed by atoms with Crippen molar-refractivity contribution >= 4 is 11.9 Å². The van der Waals surface area contributed by atoms with Gasteiger partial charge in [-0.1, -0.05) is 13.8 Å². The molecule has 0 saturated heterocycles. The molecule has 0 aliphatic carbocycles. The fourth-order valence-electron chi connectivity index (χ4n) is 1.13. The largest absolute Gasteiger partial charge is 0.481 e. The van der Waals surface area contributed by atoms with Crippen molar-refractivity contribution in [3.8, 4) is 0 Å². The Bertz CT molecular complexity index is 233. The normalized spacial score (nSPS) is 11.2. The van der Waals surface area contributed by atoms with E-state index in [0.717, 1.165) is 0 Å². The van der Waals surface area contributed by atoms with Gasteiger partial charge in [0.25, 0.3) is 0 Å². The van der Waals surface area contributed by atoms with Crippen LogP contribution in [0.4, 0.5) is 0 Å². The lowest BCUT2D eigenvalue weighted by Gasteiger charge is -2.28. The van der Waals surface area contributed by atoms with Crippen LogP contribution < -0.4 is 0 Å². The van der Waals surface area contributed by atoms with Crippen LogP contribution in [0.5, 0.6) is 0 Å². The summed E-state index contributed by atoms with van der Waals surface area (Å²) in [6.07, 6.45) is 0.269. The Morgan fingerprint density at radius 2 is 1.75 bits per heavy atom. The van der Waals surface area contributed by atoms with Gasteiger partial charge in [-0.15, -0.1) is 4.89 Å². The summed E-state index contributed by atoms with van der Waals surface area (Å²) in [5, 5.41) is 8.34. The van der Waals surface area contributed by atoms with E-state index in [4.69, 9.17) is 14.7 Å². The maximum atomic E-state index is 11.0. The number of carbonyl (C=O) groups excluding carboxylic acids is 1. The zero-order valence-electron chi connectivity index (χ0n) is 9.82. The van der Waals surface area contributed by atoms with Crippen molar-refractivity contribution in [1.29, 1.82) is 0 Å². The first kappa shape index (κ1) is 14.9. The van der Waals surface area contributed by atoms with Crippen LogP contribution in [0.3, 0.4) is 0 Å². The fraction of sp³-hybridized carbons (Fsp3) is 0.800. The molecule has 0 rings (SSSR count). The second kappa shape index (κ2) is 7.19. The Morgan fingerprint density at radius 1 is 1.19 bits per heavy atom. The van der Waals surface area contributed by atoms with Gasteiger partial charge >= 0.3 is 11.9 Å². The Balaban J connectivity index is 4.20. The highest BCUT2D eigenvalue weighted by atomic mass is 17.2. The number of ether oxygens (including phenoxy) is 1. The molecular weight excluding hydrogens is 216 g/mol. The predicted octanol–water partition coefficient (Wildman–Crippen LogP) is 1.49. The standard InChI is InChI=1S/C10H18O6/c1-4-10(5-2,14-6-3)16-15-9(13)7-8(11)12/h4-7H2,1-3H3,(H,11,12). The average Bonchev–Trinajstić information content (AvgIpc) is 2.23. The fourth-order valence-corrected chi connectivity index (χ4v) is 1.13. The summed E-state index contributed by atoms with van der Waals surface area (Å²) in [6.45, 7) is 5.86. The van der Waals surface area contributed by atoms with Gasteiger partial charge in [0.2, 0.25) is 5.79 Å². The Morgan fingerprint density at radius 3 is 2.12 bits per heavy atom. The van der Waals surface area contributed by atoms with Crippen molar-refractivity contribution in [2.24, 2.45) is 0 Å². The quantitative estimate of drug-likeness (QED) is 0.296. The third-order valence-electron chi connectivity index (χ3n) is 2.07. The Labute approximate surface area is 94.4 Å². The van der Waals surface area contributed by atoms with Crippen molar-refractivity contribution < 1.29 is 29.2 Å². The van der Waals surface area contributed by atoms with Crippen molar-refractivity contribution in [2.75, 3.05) is 6.61 Å². The van der Waals surface area contributed by atoms with E-state index in [0.29, 0.717) is 19.4 Å². The molecule has 6 nitrogen and oxygen atoms in total. The van der Waals surface area contributed by atoms with Gasteiger partial charge in [-0.2, -0.15) is 0 Å². The van der Waals surface area contributed by atoms with Crippen LogP contribution in [0.2, 0.25) is 0 Å². The van der Waals surface area contributed by atoms with Gasteiger partial charge in [0.1, 0.15) is 6.42 Å². The summed E-state index contributed by atoms with van der Waals surface area (Å²) in [6, 6.07) is 0. The monoisotopic (exact) mass is 234 g/mol. The van der Waals surface area contributed by atoms with Crippen LogP contribution in [-0.2, 0) is 24.1 Å². The number of rotatable bonds is 8. The van der Waals surface area contributed by atoms with Crippen molar-refractivity contribution in [3.63, 3.8) is 0 Å². The van der Waals surface area contributed by atoms with Gasteiger partial charge in [-0.3, -0.25) is 9.68 Å². The number of carboxylic acids is 1. The van der Waals surface area contributed by atoms with E-state index in [1.165, 1.54) is 0 Å². The molecule has 6 heteroatoms. The summed E-state index contributed by atoms with van der Waals surface area (Å²) in [5.41, 5.74) is 0. The zero-order valence-corrected chi connectivity index (χ0v) is 9.82. The highest BCUT2D eigenvalue weighted by Crippen LogP contribution is 2.22. The maximum Gasteiger partial charge on any atom is 0.353 e. The molecule has 0 aliphatic heterocycles. The molecule has 0 unspecified atom stereocenters. The molecule has 0 bridgehead atoms. The smallest absolute Gasteiger partial charge is 0.353 e. The summed E-state index contributed by atoms with van der Waals surface area (Å²) in [4.78, 5) is 30.5. The van der Waals surface area contributed by atoms with Crippen LogP contribution in [-0.4, -0.2) is 29.4 Å². The second-order valence-corrected chi connectivity index (χ2v) is 3.16. The number of hydrogen-bond acceptors (Lipinski definition) is 5. The van der Waals surface area contributed by atoms with Gasteiger partial charge in [0.05, 0.1) is 0 Å². The first-order valence-electron chi connectivity index (χ1n) is 5.24. The lowest BCUT2D eigenvalue weighted by atomic mass is 10.1. The molecule has 0 heterocycles. The van der Waals surface area contributed by atoms with Crippen molar-refractivity contribution in [2.45, 2.75) is 45.8 Å². The SMILES string of the molecule is CCOC(CC)(CC)OOC(=O)CC(=O)O. The molecule has 0 spiro atoms. The molecule has 16 heavy (non-hydrogen) atoms. The molecule has 0 atom stereocenters. The number of aliphatic carboxylic acids is 1. The van der Waals surface area contributed by atoms with Crippen LogP contribution >= 0.6 is 0 Å². The molecule has 0 radical (unpaired) electrons. The minimum Gasteiger partial charge on any atom is -0.481 e. The molecule has 0 aromatic carbocycles. The maximum absolute atomic E-state index is 11.0. The summed E-state index contributed by atoms with van der Waals surface area (Å²) >= 11 is 0. The van der Waals surface area contributed by atoms with E-state index < -0.39 is 24.1 Å². The summed E-state index contributed by atoms with van der Waals surface area (Å²) in [5.74, 6) is -3.19. The number of carbonyl (C=O) groups is 2. The topological polar surface area (TPSA) is 82.1 Å². The molecule has 0 saturated carbocycles. The Hall–Kier alpha value is -1.14. The first-order valence-corrected chi connectivity index (χ1v) is 5.24. The first-order chi connectivity index (χ1) is 7.49. The second-order valence-electron chi connectivity index (χ2n) is 3.16. The highest BCUT2D eigenvalue weighted by molar-refractivity contribution is 5.89. The van der Waals surface area contributed by atoms with Crippen molar-refractivity contribution in [3.05, 3.63) is 0 Å². The lowest BCUT2D eigenvalue weighted by molar-refractivity contribution is -0.405. The summed E-state index contributed by atoms with van der Waals surface area (Å²) < 4.78 is 5.34. The van der Waals surface area contributed by atoms with Crippen LogP contribution in [0.1, 0.15) is 40.0 Å². The molecule has 0 amide bonds. The molecule has 0 aliphatic rings. The minimum atomic E-state index is -1.26. The van der Waals surface area contributed by atoms with E-state index in [1.54, 1.807) is 6.92 Å². The predicted molar refractivity (Wildman–Crippen MR) is 54.4 cm³/mol. The van der Waals surface area contributed by atoms with Gasteiger partial charge in [0, 0.05) is 19.4 Å². The van der Waals surface area contributed by atoms with E-state index in [1.807, 2.05) is 13.8 Å². The van der Waals surface area contributed by atoms with Crippen molar-refractivity contribution in [1.82, 2.24) is 0 Å². The molecular formula is C10H18O6. The minimum absolute atomic E-state index is 0.415. The number of hydrogen-bond donors (Lipinski definition) is 1. The number of carboxylic acid groups (broad SMARTS) is 1. The van der Waals surface area contributed by atoms with E-state index >= 15 is 0 Å². The van der Waals surface area contributed by atoms with Gasteiger partial charge in [-0.05, 0) is 6.92 Å². The highest BCUT2D eigenvalue weighted by Gasteiger charge is 2.31. The molecule has 94 valence electrons. The van der Waals surface area contributed by atoms with Crippen LogP contribution in [0.15, 0.2) is 0 Å². The summed E-state index contributed by atoms with van der Waals surface area (Å²) in [7, 11) is 0. The van der Waals surface area contributed by atoms with Crippen LogP contribution in [0, 0.1) is 0 Å². The van der Waals surface area contributed by atoms with Gasteiger partial charge in [-0.25, -0.2) is 4.79 Å². The third-order valence-corrected chi connectivity index (χ3v) is 2.07. The van der Waals surface area contributed by atoms with Crippen LogP contribution in [0.25, 0.3) is 0 Å². The lowest BCUT2D eigenvalue weighted by Crippen LogP contribution is -2.35. The molecule has 1 N–H and O–H groups in total. The van der Waals surface area contributed by atoms with E-state index in [9.17, 15) is 9.59 Å². The zero-order chi connectivity index (χ0) is 12.6. The van der Waals surface area contributed by atoms with E-state index in [2.05, 4.69) is 4.89 Å². The third kappa shape index (κ3) is 5.09. The molecule has 0 aromatic heterocycles. The van der Waals surface area contributed by atoms with E-state index in [-0.39, 0.29) is 0 Å². The van der Waals surface area contributed by atoms with Gasteiger partial charge in [0.15, 0.2) is 0 Å². The molecule has 0 aromatic rings. The Kier molecular flexibility index (Phi) is 6.67. The van der Waals surface area contributed by atoms with Gasteiger partial charge < -0.3 is 9.84 Å². The average molecular weight is 234 g/mol.